The first kappa shape index (κ1) is 16.5. The zero-order chi connectivity index (χ0) is 17.2. The molecule has 0 bridgehead atoms. The Kier molecular flexibility index (Phi) is 4.57. The third kappa shape index (κ3) is 3.59. The molecule has 0 saturated carbocycles. The summed E-state index contributed by atoms with van der Waals surface area (Å²) in [6.07, 6.45) is 2.39. The molecule has 1 unspecified atom stereocenters. The molecule has 24 heavy (non-hydrogen) atoms. The van der Waals surface area contributed by atoms with Crippen molar-refractivity contribution in [3.63, 3.8) is 0 Å². The molecule has 2 aromatic rings. The zero-order valence-electron chi connectivity index (χ0n) is 13.4. The number of thioether (sulfide) groups is 1. The summed E-state index contributed by atoms with van der Waals surface area (Å²) in [6, 6.07) is 11.0. The van der Waals surface area contributed by atoms with E-state index >= 15 is 0 Å². The lowest BCUT2D eigenvalue weighted by molar-refractivity contribution is 0.482. The van der Waals surface area contributed by atoms with Crippen molar-refractivity contribution in [2.75, 3.05) is 11.1 Å². The van der Waals surface area contributed by atoms with Crippen molar-refractivity contribution in [2.45, 2.75) is 18.9 Å². The van der Waals surface area contributed by atoms with Crippen LogP contribution in [0.4, 0.5) is 10.1 Å². The van der Waals surface area contributed by atoms with Gasteiger partial charge in [-0.3, -0.25) is 4.99 Å². The minimum absolute atomic E-state index is 0.314. The first-order valence-corrected chi connectivity index (χ1v) is 8.61. The van der Waals surface area contributed by atoms with Gasteiger partial charge in [0.1, 0.15) is 0 Å². The number of anilines is 1. The number of hydrogen-bond acceptors (Lipinski definition) is 5. The van der Waals surface area contributed by atoms with Gasteiger partial charge < -0.3 is 11.1 Å². The number of rotatable bonds is 4. The van der Waals surface area contributed by atoms with Crippen LogP contribution in [0.5, 0.6) is 0 Å². The van der Waals surface area contributed by atoms with Gasteiger partial charge in [0, 0.05) is 28.9 Å². The highest BCUT2D eigenvalue weighted by Crippen LogP contribution is 2.36. The van der Waals surface area contributed by atoms with Gasteiger partial charge in [0.25, 0.3) is 0 Å². The SMILES string of the molecule is C=C(Nc1cccc(C2(C)CCSC(N)=N2)c1)c1ccc(F)nc1. The van der Waals surface area contributed by atoms with E-state index in [1.165, 1.54) is 12.3 Å². The fourth-order valence-electron chi connectivity index (χ4n) is 2.63. The van der Waals surface area contributed by atoms with E-state index in [0.717, 1.165) is 29.0 Å². The maximum Gasteiger partial charge on any atom is 0.212 e. The Hall–Kier alpha value is -2.34. The molecule has 0 amide bonds. The monoisotopic (exact) mass is 342 g/mol. The molecule has 3 N–H and O–H groups in total. The fourth-order valence-corrected chi connectivity index (χ4v) is 3.60. The van der Waals surface area contributed by atoms with Gasteiger partial charge in [-0.25, -0.2) is 4.98 Å². The van der Waals surface area contributed by atoms with Gasteiger partial charge in [-0.15, -0.1) is 0 Å². The van der Waals surface area contributed by atoms with Crippen molar-refractivity contribution in [2.24, 2.45) is 10.7 Å². The molecule has 1 atom stereocenters. The van der Waals surface area contributed by atoms with Crippen LogP contribution in [0, 0.1) is 5.95 Å². The summed E-state index contributed by atoms with van der Waals surface area (Å²) in [5.41, 5.74) is 8.98. The normalized spacial score (nSPS) is 20.3. The van der Waals surface area contributed by atoms with Gasteiger partial charge in [-0.1, -0.05) is 30.5 Å². The minimum atomic E-state index is -0.507. The largest absolute Gasteiger partial charge is 0.379 e. The highest BCUT2D eigenvalue weighted by molar-refractivity contribution is 8.13. The third-order valence-electron chi connectivity index (χ3n) is 4.05. The van der Waals surface area contributed by atoms with E-state index in [1.54, 1.807) is 17.8 Å². The van der Waals surface area contributed by atoms with Crippen molar-refractivity contribution in [3.05, 3.63) is 66.2 Å². The molecule has 3 rings (SSSR count). The Bertz CT molecular complexity index is 788. The molecule has 0 spiro atoms. The summed E-state index contributed by atoms with van der Waals surface area (Å²) >= 11 is 1.59. The molecule has 0 fully saturated rings. The van der Waals surface area contributed by atoms with E-state index in [1.807, 2.05) is 12.1 Å². The second kappa shape index (κ2) is 6.65. The molecular weight excluding hydrogens is 323 g/mol. The topological polar surface area (TPSA) is 63.3 Å². The van der Waals surface area contributed by atoms with Crippen LogP contribution in [0.2, 0.25) is 0 Å². The number of pyridine rings is 1. The quantitative estimate of drug-likeness (QED) is 0.825. The Morgan fingerprint density at radius 3 is 2.92 bits per heavy atom. The van der Waals surface area contributed by atoms with Gasteiger partial charge in [0.2, 0.25) is 5.95 Å². The van der Waals surface area contributed by atoms with Gasteiger partial charge >= 0.3 is 0 Å². The molecule has 1 aromatic heterocycles. The predicted molar refractivity (Wildman–Crippen MR) is 99.3 cm³/mol. The van der Waals surface area contributed by atoms with Gasteiger partial charge in [-0.2, -0.15) is 4.39 Å². The Balaban J connectivity index is 1.82. The van der Waals surface area contributed by atoms with Crippen LogP contribution in [-0.2, 0) is 5.54 Å². The first-order valence-electron chi connectivity index (χ1n) is 7.63. The summed E-state index contributed by atoms with van der Waals surface area (Å²) in [7, 11) is 0. The van der Waals surface area contributed by atoms with Crippen molar-refractivity contribution in [1.82, 2.24) is 4.98 Å². The Labute approximate surface area is 145 Å². The van der Waals surface area contributed by atoms with E-state index in [2.05, 4.69) is 40.9 Å². The average molecular weight is 342 g/mol. The second-order valence-electron chi connectivity index (χ2n) is 5.88. The molecule has 6 heteroatoms. The summed E-state index contributed by atoms with van der Waals surface area (Å²) in [5.74, 6) is 0.448. The smallest absolute Gasteiger partial charge is 0.212 e. The standard InChI is InChI=1S/C18H19FN4S/c1-12(13-6-7-16(19)21-11-13)22-15-5-3-4-14(10-15)18(2)8-9-24-17(20)23-18/h3-7,10-11,22H,1,8-9H2,2H3,(H2,20,23). The van der Waals surface area contributed by atoms with Crippen molar-refractivity contribution in [1.29, 1.82) is 0 Å². The van der Waals surface area contributed by atoms with E-state index < -0.39 is 5.95 Å². The molecule has 1 aromatic carbocycles. The lowest BCUT2D eigenvalue weighted by Crippen LogP contribution is -2.28. The van der Waals surface area contributed by atoms with Crippen LogP contribution in [0.3, 0.4) is 0 Å². The number of halogens is 1. The number of aromatic nitrogens is 1. The molecule has 0 radical (unpaired) electrons. The molecule has 4 nitrogen and oxygen atoms in total. The molecule has 124 valence electrons. The van der Waals surface area contributed by atoms with Crippen LogP contribution in [0.1, 0.15) is 24.5 Å². The lowest BCUT2D eigenvalue weighted by Gasteiger charge is -2.30. The molecule has 0 aliphatic carbocycles. The summed E-state index contributed by atoms with van der Waals surface area (Å²) in [6.45, 7) is 6.09. The zero-order valence-corrected chi connectivity index (χ0v) is 14.2. The van der Waals surface area contributed by atoms with E-state index in [9.17, 15) is 4.39 Å². The van der Waals surface area contributed by atoms with Crippen LogP contribution in [-0.4, -0.2) is 15.9 Å². The van der Waals surface area contributed by atoms with Crippen molar-refractivity contribution >= 4 is 28.3 Å². The number of benzene rings is 1. The first-order chi connectivity index (χ1) is 11.5. The number of nitrogens with two attached hydrogens (primary N) is 1. The maximum atomic E-state index is 12.9. The highest BCUT2D eigenvalue weighted by Gasteiger charge is 2.29. The van der Waals surface area contributed by atoms with E-state index in [4.69, 9.17) is 5.73 Å². The van der Waals surface area contributed by atoms with Crippen LogP contribution >= 0.6 is 11.8 Å². The Morgan fingerprint density at radius 2 is 2.21 bits per heavy atom. The number of amidine groups is 1. The average Bonchev–Trinajstić information content (AvgIpc) is 2.55. The third-order valence-corrected chi connectivity index (χ3v) is 4.85. The van der Waals surface area contributed by atoms with E-state index in [0.29, 0.717) is 10.9 Å². The van der Waals surface area contributed by atoms with Crippen molar-refractivity contribution in [3.8, 4) is 0 Å². The van der Waals surface area contributed by atoms with Crippen LogP contribution in [0.15, 0.2) is 54.2 Å². The number of nitrogens with zero attached hydrogens (tertiary/aromatic N) is 2. The van der Waals surface area contributed by atoms with Gasteiger partial charge in [-0.05, 0) is 43.2 Å². The van der Waals surface area contributed by atoms with Crippen LogP contribution in [0.25, 0.3) is 5.70 Å². The molecular formula is C18H19FN4S. The fraction of sp³-hybridized carbons (Fsp3) is 0.222. The lowest BCUT2D eigenvalue weighted by atomic mass is 9.89. The summed E-state index contributed by atoms with van der Waals surface area (Å²) in [5, 5.41) is 3.87. The second-order valence-corrected chi connectivity index (χ2v) is 6.99. The molecule has 1 aliphatic heterocycles. The van der Waals surface area contributed by atoms with E-state index in [-0.39, 0.29) is 5.54 Å². The van der Waals surface area contributed by atoms with Gasteiger partial charge in [0.05, 0.1) is 5.54 Å². The van der Waals surface area contributed by atoms with Crippen LogP contribution < -0.4 is 11.1 Å². The van der Waals surface area contributed by atoms with Gasteiger partial charge in [0.15, 0.2) is 5.17 Å². The summed E-state index contributed by atoms with van der Waals surface area (Å²) < 4.78 is 12.9. The number of nitrogens with one attached hydrogen (secondary N) is 1. The number of aliphatic imine (C=N–C) groups is 1. The maximum absolute atomic E-state index is 12.9. The summed E-state index contributed by atoms with van der Waals surface area (Å²) in [4.78, 5) is 8.28. The molecule has 2 heterocycles. The highest BCUT2D eigenvalue weighted by atomic mass is 32.2. The molecule has 0 saturated heterocycles. The molecule has 1 aliphatic rings. The Morgan fingerprint density at radius 1 is 1.38 bits per heavy atom. The number of hydrogen-bond donors (Lipinski definition) is 2. The van der Waals surface area contributed by atoms with Crippen molar-refractivity contribution < 1.29 is 4.39 Å². The minimum Gasteiger partial charge on any atom is -0.379 e. The predicted octanol–water partition coefficient (Wildman–Crippen LogP) is 3.97.